The van der Waals surface area contributed by atoms with Crippen LogP contribution in [0.15, 0.2) is 12.4 Å². The van der Waals surface area contributed by atoms with Crippen LogP contribution in [0, 0.1) is 0 Å². The van der Waals surface area contributed by atoms with Crippen LogP contribution in [0.2, 0.25) is 0 Å². The first-order valence-electron chi connectivity index (χ1n) is 10.7. The molecule has 4 rings (SSSR count). The SMILES string of the molecule is Cl.O[C@H]1CC[C@H](n2cc(CN3CCNCC3)c3cnc(NCCC(F)(F)F)nc32)CC1. The molecule has 11 heteroatoms. The highest BCUT2D eigenvalue weighted by atomic mass is 35.5. The molecule has 2 aliphatic rings. The average molecular weight is 463 g/mol. The summed E-state index contributed by atoms with van der Waals surface area (Å²) in [6, 6.07) is 0.227. The van der Waals surface area contributed by atoms with Gasteiger partial charge in [-0.15, -0.1) is 12.4 Å². The molecule has 3 heterocycles. The van der Waals surface area contributed by atoms with Crippen molar-refractivity contribution in [3.05, 3.63) is 18.0 Å². The van der Waals surface area contributed by atoms with Crippen molar-refractivity contribution in [3.8, 4) is 0 Å². The Hall–Kier alpha value is -1.62. The largest absolute Gasteiger partial charge is 0.393 e. The van der Waals surface area contributed by atoms with E-state index in [1.54, 1.807) is 6.20 Å². The van der Waals surface area contributed by atoms with E-state index < -0.39 is 12.6 Å². The number of nitrogens with one attached hydrogen (secondary N) is 2. The Bertz CT molecular complexity index is 847. The number of halogens is 4. The second kappa shape index (κ2) is 10.3. The molecule has 1 aliphatic heterocycles. The lowest BCUT2D eigenvalue weighted by Crippen LogP contribution is -2.42. The summed E-state index contributed by atoms with van der Waals surface area (Å²) in [5.74, 6) is 0.218. The van der Waals surface area contributed by atoms with Gasteiger partial charge in [0.05, 0.1) is 12.5 Å². The number of hydrogen-bond acceptors (Lipinski definition) is 6. The lowest BCUT2D eigenvalue weighted by atomic mass is 9.93. The Balaban J connectivity index is 0.00000272. The van der Waals surface area contributed by atoms with E-state index >= 15 is 0 Å². The van der Waals surface area contributed by atoms with Crippen LogP contribution in [0.25, 0.3) is 11.0 Å². The Morgan fingerprint density at radius 2 is 1.87 bits per heavy atom. The molecular weight excluding hydrogens is 433 g/mol. The van der Waals surface area contributed by atoms with Crippen molar-refractivity contribution in [2.75, 3.05) is 38.0 Å². The summed E-state index contributed by atoms with van der Waals surface area (Å²) < 4.78 is 39.5. The zero-order chi connectivity index (χ0) is 21.1. The second-order valence-electron chi connectivity index (χ2n) is 8.27. The molecule has 3 N–H and O–H groups in total. The number of alkyl halides is 3. The van der Waals surface area contributed by atoms with Gasteiger partial charge in [-0.3, -0.25) is 4.90 Å². The topological polar surface area (TPSA) is 78.2 Å². The fraction of sp³-hybridized carbons (Fsp3) is 0.700. The lowest BCUT2D eigenvalue weighted by molar-refractivity contribution is -0.131. The van der Waals surface area contributed by atoms with E-state index in [-0.39, 0.29) is 37.0 Å². The third-order valence-corrected chi connectivity index (χ3v) is 6.01. The molecule has 0 unspecified atom stereocenters. The quantitative estimate of drug-likeness (QED) is 0.612. The van der Waals surface area contributed by atoms with Crippen molar-refractivity contribution in [1.82, 2.24) is 24.8 Å². The first kappa shape index (κ1) is 24.0. The summed E-state index contributed by atoms with van der Waals surface area (Å²) in [5.41, 5.74) is 1.89. The Morgan fingerprint density at radius 3 is 2.55 bits per heavy atom. The van der Waals surface area contributed by atoms with Gasteiger partial charge in [0.2, 0.25) is 5.95 Å². The van der Waals surface area contributed by atoms with Gasteiger partial charge in [-0.2, -0.15) is 18.2 Å². The van der Waals surface area contributed by atoms with E-state index in [1.165, 1.54) is 0 Å². The van der Waals surface area contributed by atoms with Gasteiger partial charge in [0.1, 0.15) is 5.65 Å². The molecule has 1 saturated heterocycles. The number of nitrogens with zero attached hydrogens (tertiary/aromatic N) is 4. The zero-order valence-electron chi connectivity index (χ0n) is 17.4. The van der Waals surface area contributed by atoms with Gasteiger partial charge in [-0.05, 0) is 31.2 Å². The van der Waals surface area contributed by atoms with E-state index in [2.05, 4.69) is 36.3 Å². The van der Waals surface area contributed by atoms with Gasteiger partial charge in [-0.25, -0.2) is 4.98 Å². The molecule has 0 amide bonds. The maximum Gasteiger partial charge on any atom is 0.390 e. The molecule has 2 aromatic rings. The number of piperazine rings is 1. The van der Waals surface area contributed by atoms with Crippen LogP contribution < -0.4 is 10.6 Å². The van der Waals surface area contributed by atoms with Crippen molar-refractivity contribution in [2.24, 2.45) is 0 Å². The van der Waals surface area contributed by atoms with Crippen molar-refractivity contribution < 1.29 is 18.3 Å². The number of rotatable bonds is 6. The number of aliphatic hydroxyl groups excluding tert-OH is 1. The zero-order valence-corrected chi connectivity index (χ0v) is 18.2. The van der Waals surface area contributed by atoms with Crippen LogP contribution in [0.3, 0.4) is 0 Å². The summed E-state index contributed by atoms with van der Waals surface area (Å²) in [4.78, 5) is 11.2. The van der Waals surface area contributed by atoms with Crippen molar-refractivity contribution in [3.63, 3.8) is 0 Å². The van der Waals surface area contributed by atoms with Crippen molar-refractivity contribution >= 4 is 29.4 Å². The number of aliphatic hydroxyl groups is 1. The van der Waals surface area contributed by atoms with Gasteiger partial charge in [-0.1, -0.05) is 0 Å². The smallest absolute Gasteiger partial charge is 0.390 e. The lowest BCUT2D eigenvalue weighted by Gasteiger charge is -2.27. The molecule has 174 valence electrons. The first-order chi connectivity index (χ1) is 14.4. The molecule has 31 heavy (non-hydrogen) atoms. The van der Waals surface area contributed by atoms with E-state index in [1.807, 2.05) is 0 Å². The maximum atomic E-state index is 12.5. The minimum atomic E-state index is -4.21. The third-order valence-electron chi connectivity index (χ3n) is 6.01. The number of aromatic nitrogens is 3. The van der Waals surface area contributed by atoms with E-state index in [4.69, 9.17) is 0 Å². The van der Waals surface area contributed by atoms with Gasteiger partial charge in [0.15, 0.2) is 0 Å². The molecule has 7 nitrogen and oxygen atoms in total. The van der Waals surface area contributed by atoms with Crippen LogP contribution in [0.1, 0.15) is 43.7 Å². The summed E-state index contributed by atoms with van der Waals surface area (Å²) in [5, 5.41) is 16.9. The predicted molar refractivity (Wildman–Crippen MR) is 116 cm³/mol. The van der Waals surface area contributed by atoms with E-state index in [0.717, 1.165) is 75.0 Å². The second-order valence-corrected chi connectivity index (χ2v) is 8.27. The molecular formula is C20H30ClF3N6O. The molecule has 2 aromatic heterocycles. The van der Waals surface area contributed by atoms with Gasteiger partial charge >= 0.3 is 6.18 Å². The summed E-state index contributed by atoms with van der Waals surface area (Å²) in [6.45, 7) is 4.41. The first-order valence-corrected chi connectivity index (χ1v) is 10.7. The molecule has 1 saturated carbocycles. The predicted octanol–water partition coefficient (Wildman–Crippen LogP) is 3.10. The average Bonchev–Trinajstić information content (AvgIpc) is 3.06. The fourth-order valence-corrected chi connectivity index (χ4v) is 4.35. The third kappa shape index (κ3) is 6.21. The summed E-state index contributed by atoms with van der Waals surface area (Å²) >= 11 is 0. The standard InChI is InChI=1S/C20H29F3N6O.ClH/c21-20(22,23)5-6-25-19-26-11-17-14(12-28-9-7-24-8-10-28)13-29(18(17)27-19)15-1-3-16(30)4-2-15;/h11,13,15-16,24,30H,1-10,12H2,(H,25,26,27);1H/t15-,16-;. The number of fused-ring (bicyclic) bond motifs is 1. The molecule has 1 aliphatic carbocycles. The monoisotopic (exact) mass is 462 g/mol. The molecule has 0 radical (unpaired) electrons. The van der Waals surface area contributed by atoms with Crippen LogP contribution >= 0.6 is 12.4 Å². The maximum absolute atomic E-state index is 12.5. The van der Waals surface area contributed by atoms with Gasteiger partial charge in [0, 0.05) is 63.1 Å². The van der Waals surface area contributed by atoms with E-state index in [0.29, 0.717) is 0 Å². The highest BCUT2D eigenvalue weighted by molar-refractivity contribution is 5.85. The van der Waals surface area contributed by atoms with Crippen LogP contribution in [-0.2, 0) is 6.54 Å². The van der Waals surface area contributed by atoms with E-state index in [9.17, 15) is 18.3 Å². The molecule has 0 atom stereocenters. The highest BCUT2D eigenvalue weighted by Crippen LogP contribution is 2.33. The van der Waals surface area contributed by atoms with Crippen molar-refractivity contribution in [1.29, 1.82) is 0 Å². The van der Waals surface area contributed by atoms with Crippen LogP contribution in [0.5, 0.6) is 0 Å². The number of anilines is 1. The molecule has 0 aromatic carbocycles. The minimum absolute atomic E-state index is 0. The number of hydrogen-bond donors (Lipinski definition) is 3. The molecule has 0 spiro atoms. The van der Waals surface area contributed by atoms with Crippen LogP contribution in [-0.4, -0.2) is 69.5 Å². The Morgan fingerprint density at radius 1 is 1.16 bits per heavy atom. The van der Waals surface area contributed by atoms with Gasteiger partial charge in [0.25, 0.3) is 0 Å². The summed E-state index contributed by atoms with van der Waals surface area (Å²) in [6.07, 6.45) is 1.68. The Kier molecular flexibility index (Phi) is 8.01. The Labute approximate surface area is 185 Å². The van der Waals surface area contributed by atoms with Gasteiger partial charge < -0.3 is 20.3 Å². The summed E-state index contributed by atoms with van der Waals surface area (Å²) in [7, 11) is 0. The van der Waals surface area contributed by atoms with Crippen LogP contribution in [0.4, 0.5) is 19.1 Å². The fourth-order valence-electron chi connectivity index (χ4n) is 4.35. The molecule has 0 bridgehead atoms. The minimum Gasteiger partial charge on any atom is -0.393 e. The molecule has 2 fully saturated rings. The van der Waals surface area contributed by atoms with Crippen molar-refractivity contribution in [2.45, 2.75) is 57.0 Å². The highest BCUT2D eigenvalue weighted by Gasteiger charge is 2.27. The normalized spacial score (nSPS) is 23.0.